The minimum Gasteiger partial charge on any atom is -0.258 e. The molecule has 0 saturated heterocycles. The number of nitro benzene ring substituents is 2. The van der Waals surface area contributed by atoms with Crippen LogP contribution in [-0.2, 0) is 0 Å². The van der Waals surface area contributed by atoms with E-state index in [4.69, 9.17) is 11.6 Å². The van der Waals surface area contributed by atoms with Crippen molar-refractivity contribution in [2.75, 3.05) is 0 Å². The van der Waals surface area contributed by atoms with Crippen LogP contribution in [0.2, 0.25) is 5.02 Å². The Morgan fingerprint density at radius 2 is 1.92 bits per heavy atom. The minimum atomic E-state index is -0.855. The Labute approximate surface area is 77.0 Å². The predicted octanol–water partition coefficient (Wildman–Crippen LogP) is 1.76. The highest BCUT2D eigenvalue weighted by Gasteiger charge is 2.18. The third-order valence-electron chi connectivity index (χ3n) is 1.17. The zero-order valence-electron chi connectivity index (χ0n) is 5.98. The van der Waals surface area contributed by atoms with Crippen LogP contribution in [0.5, 0.6) is 0 Å². The summed E-state index contributed by atoms with van der Waals surface area (Å²) in [6.07, 6.45) is 0. The first-order valence-corrected chi connectivity index (χ1v) is 3.32. The summed E-state index contributed by atoms with van der Waals surface area (Å²) < 4.78 is 0. The van der Waals surface area contributed by atoms with Crippen molar-refractivity contribution < 1.29 is 9.85 Å². The Bertz CT molecular complexity index is 379. The van der Waals surface area contributed by atoms with Gasteiger partial charge >= 0.3 is 5.69 Å². The third kappa shape index (κ3) is 1.91. The first kappa shape index (κ1) is 9.40. The highest BCUT2D eigenvalue weighted by Crippen LogP contribution is 2.26. The molecule has 0 aromatic heterocycles. The van der Waals surface area contributed by atoms with E-state index in [0.29, 0.717) is 0 Å². The van der Waals surface area contributed by atoms with Crippen molar-refractivity contribution in [3.8, 4) is 0 Å². The van der Waals surface area contributed by atoms with Crippen LogP contribution in [0, 0.1) is 32.4 Å². The lowest BCUT2D eigenvalue weighted by molar-refractivity contribution is -0.394. The van der Waals surface area contributed by atoms with Crippen LogP contribution in [-0.4, -0.2) is 9.85 Å². The largest absolute Gasteiger partial charge is 0.303 e. The van der Waals surface area contributed by atoms with E-state index in [9.17, 15) is 20.2 Å². The van der Waals surface area contributed by atoms with Crippen LogP contribution in [0.3, 0.4) is 0 Å². The van der Waals surface area contributed by atoms with Crippen LogP contribution in [0.4, 0.5) is 11.4 Å². The molecular weight excluding hydrogens is 200 g/mol. The first-order chi connectivity index (χ1) is 6.02. The van der Waals surface area contributed by atoms with Crippen molar-refractivity contribution in [3.05, 3.63) is 43.5 Å². The molecule has 0 N–H and O–H groups in total. The van der Waals surface area contributed by atoms with E-state index in [0.717, 1.165) is 6.07 Å². The van der Waals surface area contributed by atoms with E-state index in [-0.39, 0.29) is 5.02 Å². The van der Waals surface area contributed by atoms with Gasteiger partial charge in [0.15, 0.2) is 6.07 Å². The second-order valence-corrected chi connectivity index (χ2v) is 2.35. The molecule has 1 aromatic carbocycles. The SMILES string of the molecule is O=[N+]([O-])c1[c]c([N+](=O)[O-])c(Cl)[c]c1. The molecule has 1 rings (SSSR count). The van der Waals surface area contributed by atoms with Gasteiger partial charge in [-0.15, -0.1) is 0 Å². The summed E-state index contributed by atoms with van der Waals surface area (Å²) >= 11 is 5.34. The number of benzene rings is 1. The Morgan fingerprint density at radius 1 is 1.31 bits per heavy atom. The molecule has 6 nitrogen and oxygen atoms in total. The summed E-state index contributed by atoms with van der Waals surface area (Å²) in [7, 11) is 0. The van der Waals surface area contributed by atoms with E-state index in [1.807, 2.05) is 6.07 Å². The van der Waals surface area contributed by atoms with Crippen LogP contribution in [0.15, 0.2) is 6.07 Å². The Kier molecular flexibility index (Phi) is 2.43. The molecule has 0 aliphatic rings. The normalized spacial score (nSPS) is 9.62. The van der Waals surface area contributed by atoms with Gasteiger partial charge in [-0.2, -0.15) is 0 Å². The van der Waals surface area contributed by atoms with Gasteiger partial charge in [-0.25, -0.2) is 0 Å². The van der Waals surface area contributed by atoms with Crippen LogP contribution >= 0.6 is 11.6 Å². The lowest BCUT2D eigenvalue weighted by atomic mass is 10.3. The molecule has 0 atom stereocenters. The van der Waals surface area contributed by atoms with Gasteiger partial charge in [-0.1, -0.05) is 11.6 Å². The summed E-state index contributed by atoms with van der Waals surface area (Å²) in [6.45, 7) is 0. The summed E-state index contributed by atoms with van der Waals surface area (Å²) in [5.41, 5.74) is -1.17. The lowest BCUT2D eigenvalue weighted by Crippen LogP contribution is -1.93. The maximum atomic E-state index is 10.2. The van der Waals surface area contributed by atoms with Gasteiger partial charge in [0, 0.05) is 12.1 Å². The van der Waals surface area contributed by atoms with E-state index in [2.05, 4.69) is 6.07 Å². The smallest absolute Gasteiger partial charge is 0.258 e. The number of halogens is 1. The molecule has 2 radical (unpaired) electrons. The van der Waals surface area contributed by atoms with Crippen LogP contribution in [0.25, 0.3) is 0 Å². The molecule has 0 amide bonds. The number of hydrogen-bond acceptors (Lipinski definition) is 4. The van der Waals surface area contributed by atoms with Gasteiger partial charge < -0.3 is 0 Å². The van der Waals surface area contributed by atoms with Crippen molar-refractivity contribution in [2.45, 2.75) is 0 Å². The molecule has 0 unspecified atom stereocenters. The zero-order valence-corrected chi connectivity index (χ0v) is 6.74. The fraction of sp³-hybridized carbons (Fsp3) is 0. The monoisotopic (exact) mass is 200 g/mol. The van der Waals surface area contributed by atoms with Gasteiger partial charge in [0.25, 0.3) is 5.69 Å². The van der Waals surface area contributed by atoms with Crippen molar-refractivity contribution in [1.82, 2.24) is 0 Å². The van der Waals surface area contributed by atoms with Gasteiger partial charge in [0.05, 0.1) is 9.85 Å². The number of nitro groups is 2. The quantitative estimate of drug-likeness (QED) is 0.538. The molecule has 0 bridgehead atoms. The molecule has 0 aliphatic carbocycles. The minimum absolute atomic E-state index is 0.296. The number of non-ortho nitro benzene ring substituents is 1. The number of nitrogens with zero attached hydrogens (tertiary/aromatic N) is 2. The van der Waals surface area contributed by atoms with Gasteiger partial charge in [0.1, 0.15) is 5.02 Å². The number of rotatable bonds is 2. The van der Waals surface area contributed by atoms with E-state index in [1.54, 1.807) is 0 Å². The maximum absolute atomic E-state index is 10.2. The standard InChI is InChI=1S/C6HClN2O4/c7-5-2-1-4(8(10)11)3-6(5)9(12)13/h1H. The average molecular weight is 201 g/mol. The molecule has 7 heteroatoms. The highest BCUT2D eigenvalue weighted by atomic mass is 35.5. The van der Waals surface area contributed by atoms with E-state index >= 15 is 0 Å². The van der Waals surface area contributed by atoms with Crippen LogP contribution < -0.4 is 0 Å². The molecule has 1 aromatic rings. The summed E-state index contributed by atoms with van der Waals surface area (Å²) in [4.78, 5) is 18.8. The Hall–Kier alpha value is -1.69. The fourth-order valence-corrected chi connectivity index (χ4v) is 0.807. The summed E-state index contributed by atoms with van der Waals surface area (Å²) in [5.74, 6) is 0. The topological polar surface area (TPSA) is 86.3 Å². The number of hydrogen-bond donors (Lipinski definition) is 0. The van der Waals surface area contributed by atoms with Crippen molar-refractivity contribution in [1.29, 1.82) is 0 Å². The van der Waals surface area contributed by atoms with Crippen molar-refractivity contribution in [3.63, 3.8) is 0 Å². The molecule has 0 aliphatic heterocycles. The molecule has 0 spiro atoms. The second kappa shape index (κ2) is 3.36. The van der Waals surface area contributed by atoms with Gasteiger partial charge in [-0.05, 0) is 0 Å². The van der Waals surface area contributed by atoms with Crippen LogP contribution in [0.1, 0.15) is 0 Å². The summed E-state index contributed by atoms with van der Waals surface area (Å²) in [6, 6.07) is 5.06. The average Bonchev–Trinajstić information content (AvgIpc) is 2.04. The van der Waals surface area contributed by atoms with E-state index < -0.39 is 21.2 Å². The maximum Gasteiger partial charge on any atom is 0.303 e. The van der Waals surface area contributed by atoms with Crippen molar-refractivity contribution in [2.24, 2.45) is 0 Å². The lowest BCUT2D eigenvalue weighted by Gasteiger charge is -1.92. The van der Waals surface area contributed by atoms with E-state index in [1.165, 1.54) is 0 Å². The zero-order chi connectivity index (χ0) is 10.0. The summed E-state index contributed by atoms with van der Waals surface area (Å²) in [5, 5.41) is 20.1. The highest BCUT2D eigenvalue weighted by molar-refractivity contribution is 6.32. The van der Waals surface area contributed by atoms with Gasteiger partial charge in [0.2, 0.25) is 0 Å². The molecule has 0 saturated carbocycles. The molecule has 0 heterocycles. The molecule has 13 heavy (non-hydrogen) atoms. The fourth-order valence-electron chi connectivity index (χ4n) is 0.636. The third-order valence-corrected chi connectivity index (χ3v) is 1.46. The Balaban J connectivity index is 3.27. The molecule has 0 fully saturated rings. The molecular formula is C6HClN2O4. The van der Waals surface area contributed by atoms with Gasteiger partial charge in [-0.3, -0.25) is 20.2 Å². The molecule has 66 valence electrons. The second-order valence-electron chi connectivity index (χ2n) is 1.98. The Morgan fingerprint density at radius 3 is 2.38 bits per heavy atom. The predicted molar refractivity (Wildman–Crippen MR) is 42.4 cm³/mol. The van der Waals surface area contributed by atoms with Crippen molar-refractivity contribution >= 4 is 23.0 Å². The first-order valence-electron chi connectivity index (χ1n) is 2.94.